The van der Waals surface area contributed by atoms with Crippen LogP contribution in [0.4, 0.5) is 0 Å². The molecule has 3 aromatic heterocycles. The Hall–Kier alpha value is -6.84. The minimum Gasteiger partial charge on any atom is -0.456 e. The lowest BCUT2D eigenvalue weighted by atomic mass is 10.0. The number of nitrogens with zero attached hydrogens (tertiary/aromatic N) is 1. The lowest BCUT2D eigenvalue weighted by Gasteiger charge is -2.09. The molecule has 3 heteroatoms. The maximum absolute atomic E-state index is 6.76. The van der Waals surface area contributed by atoms with Gasteiger partial charge >= 0.3 is 0 Å². The third kappa shape index (κ3) is 4.32. The van der Waals surface area contributed by atoms with E-state index in [4.69, 9.17) is 8.83 Å². The molecule has 0 saturated carbocycles. The molecule has 11 aromatic rings. The highest BCUT2D eigenvalue weighted by atomic mass is 16.3. The van der Waals surface area contributed by atoms with Gasteiger partial charge in [-0.05, 0) is 94.0 Å². The topological polar surface area (TPSA) is 31.2 Å². The van der Waals surface area contributed by atoms with Crippen molar-refractivity contribution in [2.45, 2.75) is 0 Å². The van der Waals surface area contributed by atoms with E-state index in [1.54, 1.807) is 0 Å². The Morgan fingerprint density at radius 2 is 0.765 bits per heavy atom. The lowest BCUT2D eigenvalue weighted by Crippen LogP contribution is -1.94. The summed E-state index contributed by atoms with van der Waals surface area (Å²) in [6, 6.07) is 62.6. The Morgan fingerprint density at radius 1 is 0.294 bits per heavy atom. The highest BCUT2D eigenvalue weighted by Gasteiger charge is 2.19. The van der Waals surface area contributed by atoms with Crippen LogP contribution >= 0.6 is 0 Å². The average molecular weight is 652 g/mol. The summed E-state index contributed by atoms with van der Waals surface area (Å²) in [7, 11) is 0. The van der Waals surface area contributed by atoms with E-state index in [9.17, 15) is 0 Å². The van der Waals surface area contributed by atoms with Crippen molar-refractivity contribution in [2.24, 2.45) is 0 Å². The number of furan rings is 2. The highest BCUT2D eigenvalue weighted by Crippen LogP contribution is 2.41. The van der Waals surface area contributed by atoms with Gasteiger partial charge in [0.05, 0.1) is 16.7 Å². The molecule has 3 heterocycles. The second-order valence-electron chi connectivity index (χ2n) is 13.3. The predicted molar refractivity (Wildman–Crippen MR) is 212 cm³/mol. The van der Waals surface area contributed by atoms with E-state index in [1.165, 1.54) is 33.0 Å². The molecule has 0 unspecified atom stereocenters. The molecule has 0 aliphatic heterocycles. The fourth-order valence-corrected chi connectivity index (χ4v) is 7.95. The summed E-state index contributed by atoms with van der Waals surface area (Å²) in [5.74, 6) is 0. The van der Waals surface area contributed by atoms with Crippen molar-refractivity contribution in [1.29, 1.82) is 0 Å². The summed E-state index contributed by atoms with van der Waals surface area (Å²) in [5.41, 5.74) is 14.0. The predicted octanol–water partition coefficient (Wildman–Crippen LogP) is 13.6. The Bertz CT molecular complexity index is 3030. The van der Waals surface area contributed by atoms with E-state index in [2.05, 4.69) is 168 Å². The monoisotopic (exact) mass is 651 g/mol. The standard InChI is InChI=1S/C48H29NO2/c1-3-10-30(11-4-1)32-18-22-42-38(26-32)39-27-33(31-12-5-2-6-13-31)19-23-43(39)49(42)44-16-9-15-37-41-29-35(21-25-47(41)51-48(37)44)34-20-24-46-40(28-34)36-14-7-8-17-45(36)50-46/h1-29H. The Kier molecular flexibility index (Phi) is 5.96. The molecule has 0 bridgehead atoms. The number of hydrogen-bond acceptors (Lipinski definition) is 2. The van der Waals surface area contributed by atoms with Crippen molar-refractivity contribution < 1.29 is 8.83 Å². The molecule has 0 N–H and O–H groups in total. The molecular formula is C48H29NO2. The summed E-state index contributed by atoms with van der Waals surface area (Å²) in [6.45, 7) is 0. The zero-order valence-corrected chi connectivity index (χ0v) is 27.5. The van der Waals surface area contributed by atoms with Crippen LogP contribution < -0.4 is 0 Å². The molecule has 0 saturated heterocycles. The van der Waals surface area contributed by atoms with Gasteiger partial charge in [0, 0.05) is 32.3 Å². The van der Waals surface area contributed by atoms with Gasteiger partial charge in [-0.1, -0.05) is 115 Å². The summed E-state index contributed by atoms with van der Waals surface area (Å²) >= 11 is 0. The van der Waals surface area contributed by atoms with Crippen molar-refractivity contribution >= 4 is 65.7 Å². The molecule has 0 fully saturated rings. The molecular weight excluding hydrogens is 623 g/mol. The number of benzene rings is 8. The second-order valence-corrected chi connectivity index (χ2v) is 13.3. The number of hydrogen-bond donors (Lipinski definition) is 0. The van der Waals surface area contributed by atoms with Crippen molar-refractivity contribution in [3.05, 3.63) is 176 Å². The molecule has 0 radical (unpaired) electrons. The lowest BCUT2D eigenvalue weighted by molar-refractivity contribution is 0.666. The van der Waals surface area contributed by atoms with Crippen LogP contribution in [0.1, 0.15) is 0 Å². The van der Waals surface area contributed by atoms with Crippen LogP contribution in [0.3, 0.4) is 0 Å². The van der Waals surface area contributed by atoms with Crippen LogP contribution in [-0.4, -0.2) is 4.57 Å². The Labute approximate surface area is 293 Å². The van der Waals surface area contributed by atoms with Gasteiger partial charge in [0.1, 0.15) is 16.7 Å². The first-order chi connectivity index (χ1) is 25.3. The maximum Gasteiger partial charge on any atom is 0.159 e. The van der Waals surface area contributed by atoms with Crippen LogP contribution in [0.15, 0.2) is 185 Å². The van der Waals surface area contributed by atoms with Gasteiger partial charge in [0.25, 0.3) is 0 Å². The third-order valence-corrected chi connectivity index (χ3v) is 10.4. The van der Waals surface area contributed by atoms with E-state index in [1.807, 2.05) is 12.1 Å². The number of rotatable bonds is 4. The molecule has 0 spiro atoms. The van der Waals surface area contributed by atoms with Gasteiger partial charge in [-0.25, -0.2) is 0 Å². The van der Waals surface area contributed by atoms with Crippen LogP contribution in [-0.2, 0) is 0 Å². The first-order valence-electron chi connectivity index (χ1n) is 17.3. The molecule has 51 heavy (non-hydrogen) atoms. The largest absolute Gasteiger partial charge is 0.456 e. The Balaban J connectivity index is 1.12. The fraction of sp³-hybridized carbons (Fsp3) is 0. The summed E-state index contributed by atoms with van der Waals surface area (Å²) < 4.78 is 15.2. The normalized spacial score (nSPS) is 11.9. The molecule has 3 nitrogen and oxygen atoms in total. The minimum atomic E-state index is 0.870. The summed E-state index contributed by atoms with van der Waals surface area (Å²) in [4.78, 5) is 0. The van der Waals surface area contributed by atoms with E-state index >= 15 is 0 Å². The van der Waals surface area contributed by atoms with Gasteiger partial charge in [0.15, 0.2) is 5.58 Å². The summed E-state index contributed by atoms with van der Waals surface area (Å²) in [6.07, 6.45) is 0. The van der Waals surface area contributed by atoms with Gasteiger partial charge in [0.2, 0.25) is 0 Å². The molecule has 11 rings (SSSR count). The molecule has 8 aromatic carbocycles. The minimum absolute atomic E-state index is 0.870. The summed E-state index contributed by atoms with van der Waals surface area (Å²) in [5, 5.41) is 6.87. The maximum atomic E-state index is 6.76. The molecule has 0 aliphatic rings. The van der Waals surface area contributed by atoms with Gasteiger partial charge in [-0.2, -0.15) is 0 Å². The van der Waals surface area contributed by atoms with Crippen molar-refractivity contribution in [1.82, 2.24) is 4.57 Å². The highest BCUT2D eigenvalue weighted by molar-refractivity contribution is 6.15. The Morgan fingerprint density at radius 3 is 1.41 bits per heavy atom. The number of para-hydroxylation sites is 2. The van der Waals surface area contributed by atoms with Crippen LogP contribution in [0, 0.1) is 0 Å². The van der Waals surface area contributed by atoms with E-state index in [-0.39, 0.29) is 0 Å². The van der Waals surface area contributed by atoms with E-state index in [0.29, 0.717) is 0 Å². The smallest absolute Gasteiger partial charge is 0.159 e. The van der Waals surface area contributed by atoms with Crippen molar-refractivity contribution in [3.8, 4) is 39.1 Å². The molecule has 0 atom stereocenters. The average Bonchev–Trinajstić information content (AvgIpc) is 3.87. The molecule has 0 amide bonds. The quantitative estimate of drug-likeness (QED) is 0.190. The first-order valence-corrected chi connectivity index (χ1v) is 17.3. The van der Waals surface area contributed by atoms with E-state index < -0.39 is 0 Å². The zero-order valence-electron chi connectivity index (χ0n) is 27.5. The zero-order chi connectivity index (χ0) is 33.5. The second kappa shape index (κ2) is 10.8. The van der Waals surface area contributed by atoms with Crippen molar-refractivity contribution in [3.63, 3.8) is 0 Å². The third-order valence-electron chi connectivity index (χ3n) is 10.4. The first kappa shape index (κ1) is 28.0. The fourth-order valence-electron chi connectivity index (χ4n) is 7.95. The molecule has 238 valence electrons. The van der Waals surface area contributed by atoms with Crippen molar-refractivity contribution in [2.75, 3.05) is 0 Å². The number of fused-ring (bicyclic) bond motifs is 9. The van der Waals surface area contributed by atoms with Crippen LogP contribution in [0.2, 0.25) is 0 Å². The van der Waals surface area contributed by atoms with Gasteiger partial charge < -0.3 is 13.4 Å². The van der Waals surface area contributed by atoms with Gasteiger partial charge in [-0.15, -0.1) is 0 Å². The van der Waals surface area contributed by atoms with E-state index in [0.717, 1.165) is 71.7 Å². The SMILES string of the molecule is c1ccc(-c2ccc3c(c2)c2cc(-c4ccccc4)ccc2n3-c2cccc3c2oc2ccc(-c4ccc5oc6ccccc6c5c4)cc23)cc1. The van der Waals surface area contributed by atoms with Gasteiger partial charge in [-0.3, -0.25) is 0 Å². The molecule has 0 aliphatic carbocycles. The van der Waals surface area contributed by atoms with Crippen LogP contribution in [0.5, 0.6) is 0 Å². The van der Waals surface area contributed by atoms with Crippen LogP contribution in [0.25, 0.3) is 105 Å². The number of aromatic nitrogens is 1.